The quantitative estimate of drug-likeness (QED) is 0.182. The maximum Gasteiger partial charge on any atom is 0.287 e. The van der Waals surface area contributed by atoms with Gasteiger partial charge in [-0.2, -0.15) is 5.10 Å². The summed E-state index contributed by atoms with van der Waals surface area (Å²) in [6.07, 6.45) is 2.30. The highest BCUT2D eigenvalue weighted by Gasteiger charge is 2.15. The van der Waals surface area contributed by atoms with E-state index in [0.717, 1.165) is 6.21 Å². The number of carbonyl (C=O) groups is 3. The summed E-state index contributed by atoms with van der Waals surface area (Å²) in [7, 11) is 0. The van der Waals surface area contributed by atoms with Crippen molar-refractivity contribution in [3.63, 3.8) is 0 Å². The molecule has 0 unspecified atom stereocenters. The number of Topliss-reactive ketones (excluding diaryl/α,β-unsaturated/α-hetero) is 1. The van der Waals surface area contributed by atoms with Gasteiger partial charge in [0.25, 0.3) is 17.5 Å². The number of nitrogens with zero attached hydrogens (tertiary/aromatic N) is 2. The van der Waals surface area contributed by atoms with Crippen LogP contribution in [0.15, 0.2) is 95.7 Å². The molecule has 0 saturated heterocycles. The standard InChI is InChI=1S/C24H18N4O5/c29-22(18-7-3-1-4-8-18)16-25-27-24(31)21(26-23(30)19-9-5-2-6-10-19)15-17-11-13-20(14-12-17)28(32)33/h1-16H,(H,26,30)(H,27,31)/b21-15-,25-16?. The van der Waals surface area contributed by atoms with Crippen molar-refractivity contribution in [3.05, 3.63) is 117 Å². The lowest BCUT2D eigenvalue weighted by Crippen LogP contribution is -2.33. The molecule has 3 aromatic rings. The number of hydrogen-bond donors (Lipinski definition) is 2. The first kappa shape index (κ1) is 22.8. The molecule has 3 aromatic carbocycles. The van der Waals surface area contributed by atoms with Crippen molar-refractivity contribution in [1.29, 1.82) is 0 Å². The number of non-ortho nitro benzene ring substituents is 1. The van der Waals surface area contributed by atoms with Crippen molar-refractivity contribution in [2.75, 3.05) is 0 Å². The summed E-state index contributed by atoms with van der Waals surface area (Å²) in [6.45, 7) is 0. The van der Waals surface area contributed by atoms with Gasteiger partial charge in [-0.05, 0) is 35.9 Å². The molecule has 0 aliphatic carbocycles. The molecule has 0 bridgehead atoms. The molecule has 9 heteroatoms. The Morgan fingerprint density at radius 2 is 1.39 bits per heavy atom. The van der Waals surface area contributed by atoms with Crippen LogP contribution in [0.2, 0.25) is 0 Å². The lowest BCUT2D eigenvalue weighted by atomic mass is 10.1. The SMILES string of the molecule is O=C(NN=CC(=O)c1ccccc1)/C(=C/c1ccc([N+](=O)[O-])cc1)NC(=O)c1ccccc1. The molecule has 9 nitrogen and oxygen atoms in total. The summed E-state index contributed by atoms with van der Waals surface area (Å²) in [4.78, 5) is 47.6. The van der Waals surface area contributed by atoms with E-state index in [9.17, 15) is 24.5 Å². The summed E-state index contributed by atoms with van der Waals surface area (Å²) in [5.74, 6) is -1.73. The molecule has 33 heavy (non-hydrogen) atoms. The second-order valence-electron chi connectivity index (χ2n) is 6.66. The molecule has 0 spiro atoms. The zero-order valence-corrected chi connectivity index (χ0v) is 17.2. The van der Waals surface area contributed by atoms with Gasteiger partial charge in [0.15, 0.2) is 0 Å². The molecule has 0 saturated carbocycles. The second kappa shape index (κ2) is 10.9. The highest BCUT2D eigenvalue weighted by Crippen LogP contribution is 2.14. The van der Waals surface area contributed by atoms with Crippen molar-refractivity contribution in [2.45, 2.75) is 0 Å². The fourth-order valence-corrected chi connectivity index (χ4v) is 2.69. The minimum atomic E-state index is -0.783. The average Bonchev–Trinajstić information content (AvgIpc) is 2.84. The first-order chi connectivity index (χ1) is 15.9. The van der Waals surface area contributed by atoms with Crippen LogP contribution in [-0.4, -0.2) is 28.7 Å². The van der Waals surface area contributed by atoms with Crippen LogP contribution in [0.3, 0.4) is 0 Å². The maximum atomic E-state index is 12.7. The normalized spacial score (nSPS) is 11.1. The number of nitro benzene ring substituents is 1. The largest absolute Gasteiger partial charge is 0.317 e. The lowest BCUT2D eigenvalue weighted by Gasteiger charge is -2.09. The molecule has 0 radical (unpaired) electrons. The fraction of sp³-hybridized carbons (Fsp3) is 0. The van der Waals surface area contributed by atoms with Gasteiger partial charge in [0.05, 0.1) is 11.1 Å². The van der Waals surface area contributed by atoms with E-state index in [0.29, 0.717) is 16.7 Å². The van der Waals surface area contributed by atoms with Gasteiger partial charge >= 0.3 is 0 Å². The van der Waals surface area contributed by atoms with Crippen molar-refractivity contribution >= 4 is 35.6 Å². The van der Waals surface area contributed by atoms with Gasteiger partial charge in [0.2, 0.25) is 5.78 Å². The van der Waals surface area contributed by atoms with E-state index in [-0.39, 0.29) is 11.4 Å². The number of nitrogens with one attached hydrogen (secondary N) is 2. The van der Waals surface area contributed by atoms with Crippen LogP contribution >= 0.6 is 0 Å². The second-order valence-corrected chi connectivity index (χ2v) is 6.66. The predicted octanol–water partition coefficient (Wildman–Crippen LogP) is 3.35. The summed E-state index contributed by atoms with van der Waals surface area (Å²) < 4.78 is 0. The van der Waals surface area contributed by atoms with E-state index in [1.54, 1.807) is 60.7 Å². The number of benzene rings is 3. The van der Waals surface area contributed by atoms with E-state index in [4.69, 9.17) is 0 Å². The number of rotatable bonds is 8. The van der Waals surface area contributed by atoms with E-state index >= 15 is 0 Å². The molecule has 0 aliphatic rings. The molecule has 0 fully saturated rings. The first-order valence-electron chi connectivity index (χ1n) is 9.69. The molecule has 0 heterocycles. The molecule has 0 atom stereocenters. The predicted molar refractivity (Wildman–Crippen MR) is 122 cm³/mol. The third-order valence-electron chi connectivity index (χ3n) is 4.35. The van der Waals surface area contributed by atoms with Crippen LogP contribution in [0, 0.1) is 10.1 Å². The highest BCUT2D eigenvalue weighted by atomic mass is 16.6. The maximum absolute atomic E-state index is 12.7. The summed E-state index contributed by atoms with van der Waals surface area (Å²) in [5.41, 5.74) is 3.08. The number of nitro groups is 1. The Hall–Kier alpha value is -4.92. The highest BCUT2D eigenvalue weighted by molar-refractivity contribution is 6.35. The summed E-state index contributed by atoms with van der Waals surface area (Å²) in [5, 5.41) is 17.0. The van der Waals surface area contributed by atoms with Crippen LogP contribution in [-0.2, 0) is 4.79 Å². The topological polar surface area (TPSA) is 131 Å². The van der Waals surface area contributed by atoms with Gasteiger partial charge in [0.1, 0.15) is 5.70 Å². The molecular formula is C24H18N4O5. The minimum Gasteiger partial charge on any atom is -0.317 e. The van der Waals surface area contributed by atoms with Crippen molar-refractivity contribution < 1.29 is 19.3 Å². The van der Waals surface area contributed by atoms with Gasteiger partial charge in [-0.15, -0.1) is 0 Å². The van der Waals surface area contributed by atoms with Crippen LogP contribution < -0.4 is 10.7 Å². The van der Waals surface area contributed by atoms with Gasteiger partial charge in [-0.1, -0.05) is 48.5 Å². The average molecular weight is 442 g/mol. The Balaban J connectivity index is 1.80. The Morgan fingerprint density at radius 3 is 1.97 bits per heavy atom. The minimum absolute atomic E-state index is 0.115. The third-order valence-corrected chi connectivity index (χ3v) is 4.35. The van der Waals surface area contributed by atoms with Crippen molar-refractivity contribution in [1.82, 2.24) is 10.7 Å². The van der Waals surface area contributed by atoms with E-state index in [2.05, 4.69) is 15.8 Å². The van der Waals surface area contributed by atoms with Gasteiger partial charge < -0.3 is 5.32 Å². The molecular weight excluding hydrogens is 424 g/mol. The van der Waals surface area contributed by atoms with Gasteiger partial charge in [-0.3, -0.25) is 24.5 Å². The van der Waals surface area contributed by atoms with Gasteiger partial charge in [0, 0.05) is 23.3 Å². The zero-order valence-electron chi connectivity index (χ0n) is 17.2. The first-order valence-corrected chi connectivity index (χ1v) is 9.69. The zero-order chi connectivity index (χ0) is 23.6. The number of hydrogen-bond acceptors (Lipinski definition) is 6. The molecule has 0 aromatic heterocycles. The third kappa shape index (κ3) is 6.53. The lowest BCUT2D eigenvalue weighted by molar-refractivity contribution is -0.384. The molecule has 2 N–H and O–H groups in total. The Labute approximate surface area is 188 Å². The molecule has 0 aliphatic heterocycles. The monoisotopic (exact) mass is 442 g/mol. The van der Waals surface area contributed by atoms with Crippen molar-refractivity contribution in [3.8, 4) is 0 Å². The number of amides is 2. The van der Waals surface area contributed by atoms with Crippen LogP contribution in [0.1, 0.15) is 26.3 Å². The number of hydrazone groups is 1. The number of carbonyl (C=O) groups excluding carboxylic acids is 3. The van der Waals surface area contributed by atoms with Gasteiger partial charge in [-0.25, -0.2) is 5.43 Å². The molecule has 3 rings (SSSR count). The van der Waals surface area contributed by atoms with Crippen LogP contribution in [0.25, 0.3) is 6.08 Å². The summed E-state index contributed by atoms with van der Waals surface area (Å²) in [6, 6.07) is 22.0. The molecule has 2 amide bonds. The van der Waals surface area contributed by atoms with Crippen molar-refractivity contribution in [2.24, 2.45) is 5.10 Å². The summed E-state index contributed by atoms with van der Waals surface area (Å²) >= 11 is 0. The fourth-order valence-electron chi connectivity index (χ4n) is 2.69. The van der Waals surface area contributed by atoms with Crippen LogP contribution in [0.4, 0.5) is 5.69 Å². The Morgan fingerprint density at radius 1 is 0.818 bits per heavy atom. The van der Waals surface area contributed by atoms with E-state index in [1.807, 2.05) is 0 Å². The molecule has 164 valence electrons. The van der Waals surface area contributed by atoms with E-state index < -0.39 is 22.5 Å². The Bertz CT molecular complexity index is 1220. The van der Waals surface area contributed by atoms with Crippen LogP contribution in [0.5, 0.6) is 0 Å². The number of ketones is 1. The Kier molecular flexibility index (Phi) is 7.53. The van der Waals surface area contributed by atoms with E-state index in [1.165, 1.54) is 30.3 Å². The smallest absolute Gasteiger partial charge is 0.287 e.